The number of nitrogens with one attached hydrogen (secondary N) is 1. The Hall–Kier alpha value is -2.44. The second-order valence-electron chi connectivity index (χ2n) is 6.57. The van der Waals surface area contributed by atoms with Crippen LogP contribution in [0.1, 0.15) is 12.8 Å². The first-order chi connectivity index (χ1) is 13.0. The summed E-state index contributed by atoms with van der Waals surface area (Å²) in [7, 11) is 0. The van der Waals surface area contributed by atoms with Crippen LogP contribution in [0.3, 0.4) is 0 Å². The maximum absolute atomic E-state index is 12.6. The van der Waals surface area contributed by atoms with Crippen LogP contribution in [0.15, 0.2) is 40.8 Å². The number of rotatable bonds is 3. The minimum atomic E-state index is -0.0965. The quantitative estimate of drug-likeness (QED) is 0.624. The lowest BCUT2D eigenvalue weighted by Gasteiger charge is -2.30. The van der Waals surface area contributed by atoms with E-state index in [0.29, 0.717) is 53.4 Å². The lowest BCUT2D eigenvalue weighted by molar-refractivity contribution is -0.120. The molecule has 1 aromatic heterocycles. The van der Waals surface area contributed by atoms with Gasteiger partial charge >= 0.3 is 0 Å². The van der Waals surface area contributed by atoms with Gasteiger partial charge in [-0.3, -0.25) is 4.79 Å². The first kappa shape index (κ1) is 17.9. The summed E-state index contributed by atoms with van der Waals surface area (Å²) in [6.07, 6.45) is 1.42. The van der Waals surface area contributed by atoms with E-state index >= 15 is 0 Å². The summed E-state index contributed by atoms with van der Waals surface area (Å²) < 4.78 is 5.81. The summed E-state index contributed by atoms with van der Waals surface area (Å²) in [4.78, 5) is 19.2. The van der Waals surface area contributed by atoms with Gasteiger partial charge in [-0.1, -0.05) is 35.3 Å². The number of carbonyl (C=O) groups is 1. The lowest BCUT2D eigenvalue weighted by atomic mass is 9.96. The number of halogens is 2. The number of piperidine rings is 1. The molecule has 2 aromatic carbocycles. The molecule has 140 valence electrons. The highest BCUT2D eigenvalue weighted by molar-refractivity contribution is 6.39. The smallest absolute Gasteiger partial charge is 0.298 e. The molecule has 0 atom stereocenters. The first-order valence-corrected chi connectivity index (χ1v) is 9.43. The largest absolute Gasteiger partial charge is 0.423 e. The molecule has 0 spiro atoms. The highest BCUT2D eigenvalue weighted by Crippen LogP contribution is 2.32. The van der Waals surface area contributed by atoms with Crippen LogP contribution in [0.4, 0.5) is 17.4 Å². The molecule has 4 rings (SSSR count). The van der Waals surface area contributed by atoms with E-state index in [0.717, 1.165) is 11.1 Å². The molecule has 6 nitrogen and oxygen atoms in total. The zero-order valence-electron chi connectivity index (χ0n) is 14.4. The first-order valence-electron chi connectivity index (χ1n) is 8.67. The molecule has 0 saturated carbocycles. The topological polar surface area (TPSA) is 84.4 Å². The number of amides is 1. The van der Waals surface area contributed by atoms with Crippen LogP contribution in [0.25, 0.3) is 11.1 Å². The molecule has 0 aliphatic carbocycles. The molecular weight excluding hydrogens is 387 g/mol. The SMILES string of the molecule is Nc1c(Cl)cc(NC(=O)C2CCN(c3nc4ccccc4o3)CC2)cc1Cl. The number of nitrogen functional groups attached to an aromatic ring is 1. The molecule has 1 aliphatic heterocycles. The Kier molecular flexibility index (Phi) is 4.85. The average molecular weight is 405 g/mol. The Bertz CT molecular complexity index is 940. The fourth-order valence-corrected chi connectivity index (χ4v) is 3.72. The zero-order valence-corrected chi connectivity index (χ0v) is 15.9. The zero-order chi connectivity index (χ0) is 19.0. The number of fused-ring (bicyclic) bond motifs is 1. The normalized spacial score (nSPS) is 15.3. The fraction of sp³-hybridized carbons (Fsp3) is 0.263. The summed E-state index contributed by atoms with van der Waals surface area (Å²) in [5.41, 5.74) is 8.19. The van der Waals surface area contributed by atoms with Crippen molar-refractivity contribution < 1.29 is 9.21 Å². The minimum Gasteiger partial charge on any atom is -0.423 e. The summed E-state index contributed by atoms with van der Waals surface area (Å²) in [6.45, 7) is 1.41. The van der Waals surface area contributed by atoms with Crippen LogP contribution in [-0.4, -0.2) is 24.0 Å². The second kappa shape index (κ2) is 7.29. The van der Waals surface area contributed by atoms with Gasteiger partial charge in [0.1, 0.15) is 5.52 Å². The van der Waals surface area contributed by atoms with Gasteiger partial charge in [-0.05, 0) is 37.1 Å². The van der Waals surface area contributed by atoms with E-state index in [2.05, 4.69) is 15.2 Å². The summed E-state index contributed by atoms with van der Waals surface area (Å²) >= 11 is 12.0. The van der Waals surface area contributed by atoms with Crippen molar-refractivity contribution in [1.82, 2.24) is 4.98 Å². The summed E-state index contributed by atoms with van der Waals surface area (Å²) in [6, 6.07) is 11.5. The Morgan fingerprint density at radius 2 is 1.85 bits per heavy atom. The molecule has 1 amide bonds. The van der Waals surface area contributed by atoms with Gasteiger partial charge in [0.05, 0.1) is 15.7 Å². The van der Waals surface area contributed by atoms with Gasteiger partial charge in [0.2, 0.25) is 5.91 Å². The van der Waals surface area contributed by atoms with Crippen molar-refractivity contribution in [2.75, 3.05) is 29.0 Å². The number of benzene rings is 2. The van der Waals surface area contributed by atoms with Gasteiger partial charge in [0, 0.05) is 24.7 Å². The Balaban J connectivity index is 1.39. The van der Waals surface area contributed by atoms with Gasteiger partial charge in [0.25, 0.3) is 6.01 Å². The summed E-state index contributed by atoms with van der Waals surface area (Å²) in [5.74, 6) is -0.148. The van der Waals surface area contributed by atoms with E-state index in [4.69, 9.17) is 33.4 Å². The monoisotopic (exact) mass is 404 g/mol. The van der Waals surface area contributed by atoms with E-state index in [1.807, 2.05) is 24.3 Å². The third kappa shape index (κ3) is 3.68. The van der Waals surface area contributed by atoms with Gasteiger partial charge in [-0.2, -0.15) is 4.98 Å². The second-order valence-corrected chi connectivity index (χ2v) is 7.38. The Labute approximate surface area is 166 Å². The maximum atomic E-state index is 12.6. The molecule has 3 aromatic rings. The third-order valence-electron chi connectivity index (χ3n) is 4.77. The number of nitrogens with two attached hydrogens (primary N) is 1. The number of hydrogen-bond acceptors (Lipinski definition) is 5. The van der Waals surface area contributed by atoms with Crippen LogP contribution in [0.2, 0.25) is 10.0 Å². The molecule has 2 heterocycles. The standard InChI is InChI=1S/C19H18Cl2N4O2/c20-13-9-12(10-14(21)17(13)22)23-18(26)11-5-7-25(8-6-11)19-24-15-3-1-2-4-16(15)27-19/h1-4,9-11H,5-8,22H2,(H,23,26). The highest BCUT2D eigenvalue weighted by atomic mass is 35.5. The molecule has 0 unspecified atom stereocenters. The van der Waals surface area contributed by atoms with Crippen molar-refractivity contribution in [1.29, 1.82) is 0 Å². The van der Waals surface area contributed by atoms with E-state index in [9.17, 15) is 4.79 Å². The molecule has 1 saturated heterocycles. The molecule has 1 aliphatic rings. The van der Waals surface area contributed by atoms with Crippen molar-refractivity contribution in [2.45, 2.75) is 12.8 Å². The third-order valence-corrected chi connectivity index (χ3v) is 5.39. The molecule has 8 heteroatoms. The summed E-state index contributed by atoms with van der Waals surface area (Å²) in [5, 5.41) is 3.52. The molecule has 0 radical (unpaired) electrons. The molecule has 0 bridgehead atoms. The van der Waals surface area contributed by atoms with E-state index in [-0.39, 0.29) is 11.8 Å². The maximum Gasteiger partial charge on any atom is 0.298 e. The Morgan fingerprint density at radius 3 is 2.52 bits per heavy atom. The van der Waals surface area contributed by atoms with Crippen molar-refractivity contribution in [3.8, 4) is 0 Å². The van der Waals surface area contributed by atoms with Gasteiger partial charge in [0.15, 0.2) is 5.58 Å². The van der Waals surface area contributed by atoms with E-state index in [1.165, 1.54) is 0 Å². The molecule has 1 fully saturated rings. The van der Waals surface area contributed by atoms with Gasteiger partial charge in [-0.25, -0.2) is 0 Å². The number of carbonyl (C=O) groups excluding carboxylic acids is 1. The number of hydrogen-bond donors (Lipinski definition) is 2. The van der Waals surface area contributed by atoms with Crippen LogP contribution in [-0.2, 0) is 4.79 Å². The molecule has 27 heavy (non-hydrogen) atoms. The number of aromatic nitrogens is 1. The lowest BCUT2D eigenvalue weighted by Crippen LogP contribution is -2.38. The predicted octanol–water partition coefficient (Wildman–Crippen LogP) is 4.57. The average Bonchev–Trinajstić information content (AvgIpc) is 3.10. The fourth-order valence-electron chi connectivity index (χ4n) is 3.23. The van der Waals surface area contributed by atoms with Crippen LogP contribution in [0, 0.1) is 5.92 Å². The van der Waals surface area contributed by atoms with Gasteiger partial charge < -0.3 is 20.4 Å². The van der Waals surface area contributed by atoms with Crippen molar-refractivity contribution >= 4 is 57.6 Å². The van der Waals surface area contributed by atoms with Crippen LogP contribution < -0.4 is 16.0 Å². The number of oxazole rings is 1. The highest BCUT2D eigenvalue weighted by Gasteiger charge is 2.27. The van der Waals surface area contributed by atoms with Crippen molar-refractivity contribution in [3.63, 3.8) is 0 Å². The van der Waals surface area contributed by atoms with Crippen molar-refractivity contribution in [2.24, 2.45) is 5.92 Å². The van der Waals surface area contributed by atoms with E-state index in [1.54, 1.807) is 12.1 Å². The molecular formula is C19H18Cl2N4O2. The predicted molar refractivity (Wildman–Crippen MR) is 108 cm³/mol. The van der Waals surface area contributed by atoms with Crippen LogP contribution in [0.5, 0.6) is 0 Å². The van der Waals surface area contributed by atoms with E-state index < -0.39 is 0 Å². The van der Waals surface area contributed by atoms with Gasteiger partial charge in [-0.15, -0.1) is 0 Å². The molecule has 3 N–H and O–H groups in total. The number of nitrogens with zero attached hydrogens (tertiary/aromatic N) is 2. The number of anilines is 3. The Morgan fingerprint density at radius 1 is 1.19 bits per heavy atom. The van der Waals surface area contributed by atoms with Crippen LogP contribution >= 0.6 is 23.2 Å². The number of para-hydroxylation sites is 2. The van der Waals surface area contributed by atoms with Crippen molar-refractivity contribution in [3.05, 3.63) is 46.4 Å². The minimum absolute atomic E-state index is 0.0517.